The Balaban J connectivity index is 1.47. The molecule has 178 valence electrons. The van der Waals surface area contributed by atoms with E-state index < -0.39 is 22.1 Å². The molecule has 2 aliphatic carbocycles. The Labute approximate surface area is 226 Å². The smallest absolute Gasteiger partial charge is 0.253 e. The third-order valence-electron chi connectivity index (χ3n) is 6.13. The summed E-state index contributed by atoms with van der Waals surface area (Å²) in [5, 5.41) is 15.6. The molecule has 2 aromatic carbocycles. The molecule has 0 aromatic heterocycles. The molecule has 5 nitrogen and oxygen atoms in total. The number of hydrogen-bond donors (Lipinski definition) is 2. The molecule has 0 aliphatic heterocycles. The van der Waals surface area contributed by atoms with Crippen LogP contribution < -0.4 is 10.6 Å². The van der Waals surface area contributed by atoms with Gasteiger partial charge in [0.1, 0.15) is 4.33 Å². The maximum atomic E-state index is 13.0. The summed E-state index contributed by atoms with van der Waals surface area (Å²) in [6.45, 7) is 0. The number of carbonyl (C=O) groups is 2. The summed E-state index contributed by atoms with van der Waals surface area (Å²) < 4.78 is -1.36. The highest BCUT2D eigenvalue weighted by molar-refractivity contribution is 6.54. The van der Waals surface area contributed by atoms with Crippen LogP contribution in [-0.4, -0.2) is 22.2 Å². The fourth-order valence-electron chi connectivity index (χ4n) is 4.31. The fourth-order valence-corrected chi connectivity index (χ4v) is 5.96. The van der Waals surface area contributed by atoms with Crippen molar-refractivity contribution >= 4 is 87.1 Å². The van der Waals surface area contributed by atoms with Crippen LogP contribution in [0.3, 0.4) is 0 Å². The highest BCUT2D eigenvalue weighted by atomic mass is 35.5. The number of nitriles is 1. The van der Waals surface area contributed by atoms with Gasteiger partial charge in [-0.2, -0.15) is 5.26 Å². The van der Waals surface area contributed by atoms with Crippen molar-refractivity contribution in [1.82, 2.24) is 5.32 Å². The number of halogens is 6. The molecule has 2 unspecified atom stereocenters. The second-order valence-corrected chi connectivity index (χ2v) is 11.5. The summed E-state index contributed by atoms with van der Waals surface area (Å²) in [4.78, 5) is 25.8. The van der Waals surface area contributed by atoms with Crippen molar-refractivity contribution in [2.45, 2.75) is 35.6 Å². The molecule has 4 rings (SSSR count). The Morgan fingerprint density at radius 3 is 2.29 bits per heavy atom. The Morgan fingerprint density at radius 2 is 1.68 bits per heavy atom. The van der Waals surface area contributed by atoms with Crippen LogP contribution in [0, 0.1) is 23.2 Å². The monoisotopic (exact) mass is 577 g/mol. The lowest BCUT2D eigenvalue weighted by atomic mass is 10.1. The van der Waals surface area contributed by atoms with Gasteiger partial charge in [0, 0.05) is 23.6 Å². The molecular weight excluding hydrogens is 563 g/mol. The van der Waals surface area contributed by atoms with Crippen molar-refractivity contribution in [2.24, 2.45) is 11.8 Å². The maximum absolute atomic E-state index is 13.0. The minimum atomic E-state index is -1.36. The quantitative estimate of drug-likeness (QED) is 0.289. The average molecular weight is 580 g/mol. The first-order valence-corrected chi connectivity index (χ1v) is 12.6. The molecule has 0 spiro atoms. The molecule has 34 heavy (non-hydrogen) atoms. The van der Waals surface area contributed by atoms with E-state index in [2.05, 4.69) is 16.7 Å². The van der Waals surface area contributed by atoms with Crippen molar-refractivity contribution in [1.29, 1.82) is 5.26 Å². The minimum absolute atomic E-state index is 0.0605. The molecule has 0 radical (unpaired) electrons. The van der Waals surface area contributed by atoms with Gasteiger partial charge in [-0.05, 0) is 55.2 Å². The second kappa shape index (κ2) is 9.93. The number of amides is 2. The molecule has 2 aliphatic rings. The number of nitrogens with zero attached hydrogens (tertiary/aromatic N) is 1. The van der Waals surface area contributed by atoms with Crippen LogP contribution in [0.5, 0.6) is 0 Å². The molecule has 2 N–H and O–H groups in total. The van der Waals surface area contributed by atoms with Crippen LogP contribution >= 0.6 is 69.6 Å². The number of benzene rings is 2. The SMILES string of the molecule is N#CC1CCC(NC(=O)c2cc(NC(=O)[C@H]3[C@H](c4cc(Cl)c(Cl)c(Cl)c4)C3(Cl)Cl)ccc2Cl)C1. The summed E-state index contributed by atoms with van der Waals surface area (Å²) >= 11 is 37.3. The molecule has 0 saturated heterocycles. The van der Waals surface area contributed by atoms with E-state index in [-0.39, 0.29) is 43.5 Å². The van der Waals surface area contributed by atoms with Crippen molar-refractivity contribution < 1.29 is 9.59 Å². The van der Waals surface area contributed by atoms with Gasteiger partial charge < -0.3 is 10.6 Å². The Hall–Kier alpha value is -1.39. The summed E-state index contributed by atoms with van der Waals surface area (Å²) in [5.74, 6) is -2.19. The summed E-state index contributed by atoms with van der Waals surface area (Å²) in [7, 11) is 0. The second-order valence-electron chi connectivity index (χ2n) is 8.42. The van der Waals surface area contributed by atoms with E-state index in [1.54, 1.807) is 18.2 Å². The van der Waals surface area contributed by atoms with Crippen molar-refractivity contribution in [2.75, 3.05) is 5.32 Å². The molecule has 11 heteroatoms. The molecule has 0 heterocycles. The molecule has 2 amide bonds. The van der Waals surface area contributed by atoms with Crippen LogP contribution in [-0.2, 0) is 4.79 Å². The lowest BCUT2D eigenvalue weighted by molar-refractivity contribution is -0.117. The largest absolute Gasteiger partial charge is 0.349 e. The summed E-state index contributed by atoms with van der Waals surface area (Å²) in [6.07, 6.45) is 2.08. The van der Waals surface area contributed by atoms with Crippen molar-refractivity contribution in [3.8, 4) is 6.07 Å². The Bertz CT molecular complexity index is 1190. The first-order valence-electron chi connectivity index (χ1n) is 10.4. The molecule has 0 bridgehead atoms. The molecule has 2 aromatic rings. The van der Waals surface area contributed by atoms with Gasteiger partial charge in [0.15, 0.2) is 0 Å². The summed E-state index contributed by atoms with van der Waals surface area (Å²) in [6, 6.07) is 9.89. The van der Waals surface area contributed by atoms with Crippen LogP contribution in [0.2, 0.25) is 20.1 Å². The zero-order valence-corrected chi connectivity index (χ0v) is 21.9. The van der Waals surface area contributed by atoms with E-state index in [0.29, 0.717) is 17.7 Å². The fraction of sp³-hybridized carbons (Fsp3) is 0.348. The molecule has 2 saturated carbocycles. The standard InChI is InChI=1S/C23H17Cl6N3O2/c24-15-4-3-13(8-14(15)21(33)31-12-2-1-10(5-12)9-30)32-22(34)19-18(23(19,28)29)11-6-16(25)20(27)17(26)7-11/h3-4,6-8,10,12,18-19H,1-2,5H2,(H,31,33)(H,32,34)/t10?,12?,18-,19+/m0/s1. The van der Waals surface area contributed by atoms with E-state index in [9.17, 15) is 9.59 Å². The van der Waals surface area contributed by atoms with Crippen LogP contribution in [0.25, 0.3) is 0 Å². The topological polar surface area (TPSA) is 82.0 Å². The highest BCUT2D eigenvalue weighted by Crippen LogP contribution is 2.65. The van der Waals surface area contributed by atoms with Crippen molar-refractivity contribution in [3.05, 3.63) is 61.5 Å². The number of anilines is 1. The van der Waals surface area contributed by atoms with E-state index >= 15 is 0 Å². The maximum Gasteiger partial charge on any atom is 0.253 e. The first-order chi connectivity index (χ1) is 16.0. The van der Waals surface area contributed by atoms with Gasteiger partial charge in [-0.15, -0.1) is 23.2 Å². The van der Waals surface area contributed by atoms with Gasteiger partial charge in [-0.1, -0.05) is 46.4 Å². The normalized spacial score (nSPS) is 24.9. The number of hydrogen-bond acceptors (Lipinski definition) is 3. The van der Waals surface area contributed by atoms with Gasteiger partial charge >= 0.3 is 0 Å². The van der Waals surface area contributed by atoms with E-state index in [4.69, 9.17) is 74.9 Å². The van der Waals surface area contributed by atoms with Crippen LogP contribution in [0.15, 0.2) is 30.3 Å². The number of rotatable bonds is 5. The van der Waals surface area contributed by atoms with Gasteiger partial charge in [-0.3, -0.25) is 9.59 Å². The molecular formula is C23H17Cl6N3O2. The lowest BCUT2D eigenvalue weighted by Gasteiger charge is -2.14. The third kappa shape index (κ3) is 5.09. The minimum Gasteiger partial charge on any atom is -0.349 e. The number of nitrogens with one attached hydrogen (secondary N) is 2. The molecule has 4 atom stereocenters. The van der Waals surface area contributed by atoms with Crippen LogP contribution in [0.1, 0.15) is 41.1 Å². The Kier molecular flexibility index (Phi) is 7.51. The third-order valence-corrected chi connectivity index (χ3v) is 8.60. The van der Waals surface area contributed by atoms with E-state index in [1.807, 2.05) is 0 Å². The van der Waals surface area contributed by atoms with E-state index in [0.717, 1.165) is 12.8 Å². The molecule has 2 fully saturated rings. The zero-order chi connectivity index (χ0) is 24.8. The predicted molar refractivity (Wildman–Crippen MR) is 136 cm³/mol. The number of carbonyl (C=O) groups excluding carboxylic acids is 2. The van der Waals surface area contributed by atoms with Crippen molar-refractivity contribution in [3.63, 3.8) is 0 Å². The van der Waals surface area contributed by atoms with Crippen LogP contribution in [0.4, 0.5) is 5.69 Å². The van der Waals surface area contributed by atoms with Gasteiger partial charge in [0.25, 0.3) is 5.91 Å². The first kappa shape index (κ1) is 25.7. The zero-order valence-electron chi connectivity index (χ0n) is 17.3. The highest BCUT2D eigenvalue weighted by Gasteiger charge is 2.67. The summed E-state index contributed by atoms with van der Waals surface area (Å²) in [5.41, 5.74) is 1.17. The average Bonchev–Trinajstić information content (AvgIpc) is 3.11. The lowest BCUT2D eigenvalue weighted by Crippen LogP contribution is -2.33. The van der Waals surface area contributed by atoms with Gasteiger partial charge in [0.05, 0.1) is 37.6 Å². The predicted octanol–water partition coefficient (Wildman–Crippen LogP) is 7.25. The van der Waals surface area contributed by atoms with E-state index in [1.165, 1.54) is 12.1 Å². The van der Waals surface area contributed by atoms with Gasteiger partial charge in [-0.25, -0.2) is 0 Å². The van der Waals surface area contributed by atoms with Gasteiger partial charge in [0.2, 0.25) is 5.91 Å². The Morgan fingerprint density at radius 1 is 1.00 bits per heavy atom. The number of alkyl halides is 2.